The normalized spacial score (nSPS) is 11.0. The van der Waals surface area contributed by atoms with Crippen molar-refractivity contribution in [3.8, 4) is 17.2 Å². The van der Waals surface area contributed by atoms with Gasteiger partial charge in [0.15, 0.2) is 0 Å². The Morgan fingerprint density at radius 3 is 2.33 bits per heavy atom. The number of anilines is 1. The summed E-state index contributed by atoms with van der Waals surface area (Å²) in [5, 5.41) is 7.60. The molecule has 36 heavy (non-hydrogen) atoms. The lowest BCUT2D eigenvalue weighted by Gasteiger charge is -2.17. The first-order valence-electron chi connectivity index (χ1n) is 10.9. The smallest absolute Gasteiger partial charge is 0.416 e. The van der Waals surface area contributed by atoms with E-state index < -0.39 is 17.8 Å². The summed E-state index contributed by atoms with van der Waals surface area (Å²) >= 11 is 0. The third-order valence-corrected chi connectivity index (χ3v) is 5.34. The molecule has 190 valence electrons. The van der Waals surface area contributed by atoms with Crippen molar-refractivity contribution in [2.24, 2.45) is 0 Å². The molecule has 0 aliphatic heterocycles. The van der Waals surface area contributed by atoms with Gasteiger partial charge in [-0.1, -0.05) is 18.2 Å². The Morgan fingerprint density at radius 2 is 1.69 bits per heavy atom. The first-order chi connectivity index (χ1) is 17.0. The van der Waals surface area contributed by atoms with Crippen LogP contribution >= 0.6 is 0 Å². The third kappa shape index (κ3) is 6.47. The van der Waals surface area contributed by atoms with Gasteiger partial charge < -0.3 is 25.4 Å². The summed E-state index contributed by atoms with van der Waals surface area (Å²) in [7, 11) is 2.86. The molecule has 3 N–H and O–H groups in total. The number of benzene rings is 3. The molecule has 0 aliphatic rings. The van der Waals surface area contributed by atoms with E-state index in [9.17, 15) is 22.8 Å². The maximum absolute atomic E-state index is 13.3. The van der Waals surface area contributed by atoms with Crippen LogP contribution in [0, 0.1) is 13.8 Å². The van der Waals surface area contributed by atoms with Crippen molar-refractivity contribution >= 4 is 17.6 Å². The SMILES string of the molecule is CNC(=O)c1cccc(Oc2ccc(CNC(=O)Nc3cc(C(F)(F)F)c(C)cc3OC)cc2C)c1. The molecule has 0 aliphatic carbocycles. The van der Waals surface area contributed by atoms with E-state index in [-0.39, 0.29) is 29.5 Å². The van der Waals surface area contributed by atoms with Crippen molar-refractivity contribution < 1.29 is 32.2 Å². The van der Waals surface area contributed by atoms with E-state index in [1.54, 1.807) is 43.4 Å². The van der Waals surface area contributed by atoms with Crippen molar-refractivity contribution in [2.75, 3.05) is 19.5 Å². The summed E-state index contributed by atoms with van der Waals surface area (Å²) in [4.78, 5) is 24.2. The van der Waals surface area contributed by atoms with Crippen molar-refractivity contribution in [1.82, 2.24) is 10.6 Å². The Balaban J connectivity index is 1.66. The number of rotatable bonds is 7. The molecule has 0 heterocycles. The number of hydrogen-bond acceptors (Lipinski definition) is 4. The average molecular weight is 502 g/mol. The highest BCUT2D eigenvalue weighted by Crippen LogP contribution is 2.37. The number of aryl methyl sites for hydroxylation is 2. The minimum absolute atomic E-state index is 0.0107. The number of carbonyl (C=O) groups excluding carboxylic acids is 2. The lowest BCUT2D eigenvalue weighted by molar-refractivity contribution is -0.138. The maximum atomic E-state index is 13.3. The highest BCUT2D eigenvalue weighted by molar-refractivity contribution is 5.94. The Kier molecular flexibility index (Phi) is 8.08. The number of alkyl halides is 3. The van der Waals surface area contributed by atoms with Crippen molar-refractivity contribution in [3.05, 3.63) is 82.4 Å². The van der Waals surface area contributed by atoms with Crippen LogP contribution in [-0.4, -0.2) is 26.1 Å². The predicted molar refractivity (Wildman–Crippen MR) is 130 cm³/mol. The molecule has 0 unspecified atom stereocenters. The Labute approximate surface area is 206 Å². The van der Waals surface area contributed by atoms with Crippen molar-refractivity contribution in [2.45, 2.75) is 26.6 Å². The molecule has 7 nitrogen and oxygen atoms in total. The molecule has 0 fully saturated rings. The number of urea groups is 1. The number of ether oxygens (including phenoxy) is 2. The molecule has 0 atom stereocenters. The first kappa shape index (κ1) is 26.4. The van der Waals surface area contributed by atoms with Gasteiger partial charge in [-0.05, 0) is 66.9 Å². The van der Waals surface area contributed by atoms with Crippen LogP contribution in [0.3, 0.4) is 0 Å². The Bertz CT molecular complexity index is 1280. The van der Waals surface area contributed by atoms with Gasteiger partial charge in [-0.2, -0.15) is 13.2 Å². The zero-order chi connectivity index (χ0) is 26.5. The van der Waals surface area contributed by atoms with Crippen LogP contribution in [0.25, 0.3) is 0 Å². The fourth-order valence-electron chi connectivity index (χ4n) is 3.51. The summed E-state index contributed by atoms with van der Waals surface area (Å²) in [5.41, 5.74) is 1.05. The van der Waals surface area contributed by atoms with Crippen LogP contribution in [0.15, 0.2) is 54.6 Å². The second-order valence-electron chi connectivity index (χ2n) is 7.98. The zero-order valence-corrected chi connectivity index (χ0v) is 20.2. The molecule has 3 aromatic rings. The van der Waals surface area contributed by atoms with Gasteiger partial charge in [0.2, 0.25) is 0 Å². The zero-order valence-electron chi connectivity index (χ0n) is 20.2. The van der Waals surface area contributed by atoms with Gasteiger partial charge in [-0.15, -0.1) is 0 Å². The molecular formula is C26H26F3N3O4. The Morgan fingerprint density at radius 1 is 0.944 bits per heavy atom. The predicted octanol–water partition coefficient (Wildman–Crippen LogP) is 5.80. The van der Waals surface area contributed by atoms with Gasteiger partial charge >= 0.3 is 12.2 Å². The molecule has 3 aromatic carbocycles. The number of halogens is 3. The highest BCUT2D eigenvalue weighted by Gasteiger charge is 2.33. The van der Waals surface area contributed by atoms with E-state index in [1.165, 1.54) is 20.1 Å². The van der Waals surface area contributed by atoms with Gasteiger partial charge in [0.1, 0.15) is 17.2 Å². The van der Waals surface area contributed by atoms with Gasteiger partial charge in [0.05, 0.1) is 18.4 Å². The van der Waals surface area contributed by atoms with E-state index in [0.29, 0.717) is 17.1 Å². The van der Waals surface area contributed by atoms with Crippen LogP contribution in [0.2, 0.25) is 0 Å². The lowest BCUT2D eigenvalue weighted by Crippen LogP contribution is -2.28. The molecule has 0 radical (unpaired) electrons. The molecular weight excluding hydrogens is 475 g/mol. The van der Waals surface area contributed by atoms with Gasteiger partial charge in [-0.25, -0.2) is 4.79 Å². The number of amides is 3. The van der Waals surface area contributed by atoms with Crippen LogP contribution < -0.4 is 25.4 Å². The van der Waals surface area contributed by atoms with Gasteiger partial charge in [-0.3, -0.25) is 4.79 Å². The summed E-state index contributed by atoms with van der Waals surface area (Å²) in [6.45, 7) is 3.28. The van der Waals surface area contributed by atoms with Crippen LogP contribution in [0.5, 0.6) is 17.2 Å². The van der Waals surface area contributed by atoms with Crippen molar-refractivity contribution in [3.63, 3.8) is 0 Å². The largest absolute Gasteiger partial charge is 0.495 e. The number of methoxy groups -OCH3 is 1. The highest BCUT2D eigenvalue weighted by atomic mass is 19.4. The minimum Gasteiger partial charge on any atom is -0.495 e. The van der Waals surface area contributed by atoms with Crippen LogP contribution in [0.4, 0.5) is 23.7 Å². The maximum Gasteiger partial charge on any atom is 0.416 e. The molecule has 10 heteroatoms. The molecule has 0 saturated carbocycles. The van der Waals surface area contributed by atoms with Crippen molar-refractivity contribution in [1.29, 1.82) is 0 Å². The standard InChI is InChI=1S/C26H26F3N3O4/c1-15-11-23(35-4)21(13-20(15)26(27,28)29)32-25(34)31-14-17-8-9-22(16(2)10-17)36-19-7-5-6-18(12-19)24(33)30-3/h5-13H,14H2,1-4H3,(H,30,33)(H2,31,32,34). The topological polar surface area (TPSA) is 88.7 Å². The summed E-state index contributed by atoms with van der Waals surface area (Å²) < 4.78 is 50.8. The molecule has 3 amide bonds. The van der Waals surface area contributed by atoms with E-state index >= 15 is 0 Å². The second kappa shape index (κ2) is 11.0. The number of carbonyl (C=O) groups is 2. The summed E-state index contributed by atoms with van der Waals surface area (Å²) in [6.07, 6.45) is -4.56. The van der Waals surface area contributed by atoms with Gasteiger partial charge in [0.25, 0.3) is 5.91 Å². The quantitative estimate of drug-likeness (QED) is 0.382. The molecule has 0 saturated heterocycles. The van der Waals surface area contributed by atoms with E-state index in [2.05, 4.69) is 16.0 Å². The molecule has 0 spiro atoms. The average Bonchev–Trinajstić information content (AvgIpc) is 2.84. The summed E-state index contributed by atoms with van der Waals surface area (Å²) in [6, 6.07) is 13.4. The monoisotopic (exact) mass is 501 g/mol. The van der Waals surface area contributed by atoms with E-state index in [4.69, 9.17) is 9.47 Å². The van der Waals surface area contributed by atoms with Crippen LogP contribution in [0.1, 0.15) is 32.6 Å². The minimum atomic E-state index is -4.56. The first-order valence-corrected chi connectivity index (χ1v) is 10.9. The molecule has 0 bridgehead atoms. The van der Waals surface area contributed by atoms with Crippen LogP contribution in [-0.2, 0) is 12.7 Å². The fourth-order valence-corrected chi connectivity index (χ4v) is 3.51. The molecule has 3 rings (SSSR count). The number of hydrogen-bond donors (Lipinski definition) is 3. The Hall–Kier alpha value is -4.21. The number of nitrogens with one attached hydrogen (secondary N) is 3. The van der Waals surface area contributed by atoms with Gasteiger partial charge in [0, 0.05) is 19.2 Å². The summed E-state index contributed by atoms with van der Waals surface area (Å²) in [5.74, 6) is 0.958. The van der Waals surface area contributed by atoms with E-state index in [0.717, 1.165) is 17.2 Å². The third-order valence-electron chi connectivity index (χ3n) is 5.34. The molecule has 0 aromatic heterocycles. The fraction of sp³-hybridized carbons (Fsp3) is 0.231. The van der Waals surface area contributed by atoms with E-state index in [1.807, 2.05) is 13.0 Å². The lowest BCUT2D eigenvalue weighted by atomic mass is 10.1. The second-order valence-corrected chi connectivity index (χ2v) is 7.98.